The van der Waals surface area contributed by atoms with E-state index in [9.17, 15) is 18.3 Å². The zero-order valence-electron chi connectivity index (χ0n) is 24.6. The summed E-state index contributed by atoms with van der Waals surface area (Å²) in [4.78, 5) is 18.3. The van der Waals surface area contributed by atoms with E-state index in [0.717, 1.165) is 23.3 Å². The molecule has 1 fully saturated rings. The normalized spacial score (nSPS) is 16.1. The number of fused-ring (bicyclic) bond motifs is 1. The minimum atomic E-state index is -3.53. The molecule has 0 aliphatic carbocycles. The standard InChI is InChI=1S/C32H39N5O5S/c1-3-36-22-34-31-28(36)18-25(19-29(31)37-14-7-8-15-43(37,40)41)32(39)35-27(17-23-10-5-4-6-11-23)30(38)21-33-20-24-12-9-13-26(16-24)42-2/h4-6,9-13,16,18-19,22,27,30,33,38H,3,7-8,14-15,17,20-21H2,1-2H3,(H,35,39)/t27-,30+/m0/s1. The Morgan fingerprint density at radius 2 is 1.86 bits per heavy atom. The first-order valence-electron chi connectivity index (χ1n) is 14.6. The smallest absolute Gasteiger partial charge is 0.251 e. The maximum Gasteiger partial charge on any atom is 0.251 e. The number of aliphatic hydroxyl groups excluding tert-OH is 1. The number of imidazole rings is 1. The lowest BCUT2D eigenvalue weighted by Crippen LogP contribution is -2.48. The van der Waals surface area contributed by atoms with Crippen LogP contribution in [0.4, 0.5) is 5.69 Å². The summed E-state index contributed by atoms with van der Waals surface area (Å²) in [6.45, 7) is 3.69. The zero-order chi connectivity index (χ0) is 30.4. The van der Waals surface area contributed by atoms with Crippen LogP contribution in [-0.2, 0) is 29.5 Å². The molecular formula is C32H39N5O5S. The summed E-state index contributed by atoms with van der Waals surface area (Å²) in [5, 5.41) is 17.6. The highest BCUT2D eigenvalue weighted by molar-refractivity contribution is 7.92. The van der Waals surface area contributed by atoms with Crippen LogP contribution in [0.15, 0.2) is 73.1 Å². The largest absolute Gasteiger partial charge is 0.497 e. The van der Waals surface area contributed by atoms with Crippen LogP contribution < -0.4 is 19.7 Å². The van der Waals surface area contributed by atoms with Crippen LogP contribution in [0.5, 0.6) is 5.75 Å². The average molecular weight is 606 g/mol. The summed E-state index contributed by atoms with van der Waals surface area (Å²) in [5.41, 5.74) is 3.94. The molecule has 1 amide bonds. The lowest BCUT2D eigenvalue weighted by Gasteiger charge is -2.29. The topological polar surface area (TPSA) is 126 Å². The Morgan fingerprint density at radius 1 is 1.07 bits per heavy atom. The number of hydrogen-bond donors (Lipinski definition) is 3. The average Bonchev–Trinajstić information content (AvgIpc) is 3.44. The van der Waals surface area contributed by atoms with Crippen LogP contribution in [0.1, 0.15) is 41.3 Å². The van der Waals surface area contributed by atoms with Gasteiger partial charge in [0.25, 0.3) is 5.91 Å². The van der Waals surface area contributed by atoms with E-state index < -0.39 is 28.1 Å². The Hall–Kier alpha value is -3.93. The van der Waals surface area contributed by atoms with Gasteiger partial charge in [0, 0.05) is 31.7 Å². The number of nitrogens with one attached hydrogen (secondary N) is 2. The fourth-order valence-electron chi connectivity index (χ4n) is 5.47. The summed E-state index contributed by atoms with van der Waals surface area (Å²) in [6, 6.07) is 20.1. The van der Waals surface area contributed by atoms with Crippen LogP contribution >= 0.6 is 0 Å². The fraction of sp³-hybridized carbons (Fsp3) is 0.375. The van der Waals surface area contributed by atoms with Crippen molar-refractivity contribution in [3.8, 4) is 5.75 Å². The molecule has 5 rings (SSSR count). The number of aryl methyl sites for hydroxylation is 1. The number of benzene rings is 3. The number of nitrogens with zero attached hydrogens (tertiary/aromatic N) is 3. The fourth-order valence-corrected chi connectivity index (χ4v) is 7.11. The monoisotopic (exact) mass is 605 g/mol. The first-order valence-corrected chi connectivity index (χ1v) is 16.3. The number of methoxy groups -OCH3 is 1. The van der Waals surface area contributed by atoms with Crippen LogP contribution in [0, 0.1) is 0 Å². The molecule has 2 atom stereocenters. The molecule has 3 N–H and O–H groups in total. The quantitative estimate of drug-likeness (QED) is 0.226. The van der Waals surface area contributed by atoms with Crippen molar-refractivity contribution in [3.05, 3.63) is 89.7 Å². The molecule has 1 saturated heterocycles. The van der Waals surface area contributed by atoms with Crippen molar-refractivity contribution in [2.24, 2.45) is 0 Å². The highest BCUT2D eigenvalue weighted by atomic mass is 32.2. The molecule has 0 radical (unpaired) electrons. The molecule has 2 heterocycles. The maximum atomic E-state index is 13.8. The van der Waals surface area contributed by atoms with E-state index in [1.165, 1.54) is 4.31 Å². The Balaban J connectivity index is 1.40. The summed E-state index contributed by atoms with van der Waals surface area (Å²) in [6.07, 6.45) is 2.52. The van der Waals surface area contributed by atoms with Crippen molar-refractivity contribution in [3.63, 3.8) is 0 Å². The second-order valence-electron chi connectivity index (χ2n) is 10.8. The van der Waals surface area contributed by atoms with Crippen LogP contribution in [0.2, 0.25) is 0 Å². The number of aliphatic hydroxyl groups is 1. The van der Waals surface area contributed by atoms with Gasteiger partial charge in [-0.15, -0.1) is 0 Å². The number of hydrogen-bond acceptors (Lipinski definition) is 7. The summed E-state index contributed by atoms with van der Waals surface area (Å²) in [7, 11) is -1.91. The van der Waals surface area contributed by atoms with Crippen molar-refractivity contribution in [1.29, 1.82) is 0 Å². The van der Waals surface area contributed by atoms with Gasteiger partial charge in [-0.25, -0.2) is 13.4 Å². The van der Waals surface area contributed by atoms with Gasteiger partial charge in [0.1, 0.15) is 11.3 Å². The summed E-state index contributed by atoms with van der Waals surface area (Å²) < 4.78 is 34.7. The van der Waals surface area contributed by atoms with Crippen molar-refractivity contribution in [1.82, 2.24) is 20.2 Å². The van der Waals surface area contributed by atoms with Gasteiger partial charge in [0.2, 0.25) is 10.0 Å². The number of rotatable bonds is 12. The number of amides is 1. The zero-order valence-corrected chi connectivity index (χ0v) is 25.4. The van der Waals surface area contributed by atoms with Crippen LogP contribution in [-0.4, -0.2) is 67.1 Å². The second kappa shape index (κ2) is 13.6. The number of aromatic nitrogens is 2. The molecule has 228 valence electrons. The molecule has 0 saturated carbocycles. The van der Waals surface area contributed by atoms with Gasteiger partial charge in [-0.3, -0.25) is 9.10 Å². The molecule has 3 aromatic carbocycles. The van der Waals surface area contributed by atoms with Gasteiger partial charge < -0.3 is 25.0 Å². The molecule has 1 aromatic heterocycles. The summed E-state index contributed by atoms with van der Waals surface area (Å²) >= 11 is 0. The summed E-state index contributed by atoms with van der Waals surface area (Å²) in [5.74, 6) is 0.425. The molecular weight excluding hydrogens is 566 g/mol. The molecule has 4 aromatic rings. The minimum absolute atomic E-state index is 0.0630. The maximum absolute atomic E-state index is 13.8. The molecule has 1 aliphatic rings. The third-order valence-electron chi connectivity index (χ3n) is 7.82. The van der Waals surface area contributed by atoms with Gasteiger partial charge >= 0.3 is 0 Å². The molecule has 43 heavy (non-hydrogen) atoms. The van der Waals surface area contributed by atoms with E-state index in [0.29, 0.717) is 54.8 Å². The molecule has 1 aliphatic heterocycles. The van der Waals surface area contributed by atoms with Crippen molar-refractivity contribution < 1.29 is 23.1 Å². The number of ether oxygens (including phenoxy) is 1. The van der Waals surface area contributed by atoms with Crippen molar-refractivity contribution in [2.75, 3.05) is 30.3 Å². The number of carbonyl (C=O) groups is 1. The van der Waals surface area contributed by atoms with Gasteiger partial charge in [0.05, 0.1) is 42.5 Å². The SMILES string of the molecule is CCn1cnc2c(N3CCCCS3(=O)=O)cc(C(=O)N[C@@H](Cc3ccccc3)[C@H](O)CNCc3cccc(OC)c3)cc21. The number of sulfonamides is 1. The van der Waals surface area contributed by atoms with Crippen LogP contribution in [0.25, 0.3) is 11.0 Å². The lowest BCUT2D eigenvalue weighted by molar-refractivity contribution is 0.0830. The third-order valence-corrected chi connectivity index (χ3v) is 9.68. The van der Waals surface area contributed by atoms with E-state index in [4.69, 9.17) is 4.74 Å². The van der Waals surface area contributed by atoms with Crippen molar-refractivity contribution in [2.45, 2.75) is 51.4 Å². The number of carbonyl (C=O) groups excluding carboxylic acids is 1. The van der Waals surface area contributed by atoms with Gasteiger partial charge in [0.15, 0.2) is 0 Å². The van der Waals surface area contributed by atoms with E-state index >= 15 is 0 Å². The molecule has 11 heteroatoms. The van der Waals surface area contributed by atoms with Crippen molar-refractivity contribution >= 4 is 32.7 Å². The second-order valence-corrected chi connectivity index (χ2v) is 12.8. The Kier molecular flexibility index (Phi) is 9.64. The lowest BCUT2D eigenvalue weighted by atomic mass is 10.00. The third kappa shape index (κ3) is 7.18. The minimum Gasteiger partial charge on any atom is -0.497 e. The predicted molar refractivity (Wildman–Crippen MR) is 168 cm³/mol. The highest BCUT2D eigenvalue weighted by Crippen LogP contribution is 2.32. The van der Waals surface area contributed by atoms with E-state index in [2.05, 4.69) is 15.6 Å². The molecule has 10 nitrogen and oxygen atoms in total. The molecule has 0 spiro atoms. The first-order chi connectivity index (χ1) is 20.8. The first kappa shape index (κ1) is 30.5. The highest BCUT2D eigenvalue weighted by Gasteiger charge is 2.30. The molecule has 0 unspecified atom stereocenters. The number of anilines is 1. The van der Waals surface area contributed by atoms with Gasteiger partial charge in [-0.05, 0) is 61.6 Å². The Labute approximate surface area is 252 Å². The predicted octanol–water partition coefficient (Wildman–Crippen LogP) is 3.49. The van der Waals surface area contributed by atoms with E-state index in [-0.39, 0.29) is 12.3 Å². The van der Waals surface area contributed by atoms with E-state index in [1.54, 1.807) is 25.6 Å². The Morgan fingerprint density at radius 3 is 2.60 bits per heavy atom. The Bertz CT molecular complexity index is 1660. The van der Waals surface area contributed by atoms with Gasteiger partial charge in [-0.2, -0.15) is 0 Å². The van der Waals surface area contributed by atoms with Crippen LogP contribution in [0.3, 0.4) is 0 Å². The molecule has 0 bridgehead atoms. The van der Waals surface area contributed by atoms with Gasteiger partial charge in [-0.1, -0.05) is 42.5 Å². The van der Waals surface area contributed by atoms with E-state index in [1.807, 2.05) is 66.1 Å².